The van der Waals surface area contributed by atoms with Crippen molar-refractivity contribution >= 4 is 11.5 Å². The van der Waals surface area contributed by atoms with Gasteiger partial charge in [0.25, 0.3) is 0 Å². The summed E-state index contributed by atoms with van der Waals surface area (Å²) in [5.41, 5.74) is 6.51. The van der Waals surface area contributed by atoms with Gasteiger partial charge in [-0.15, -0.1) is 0 Å². The van der Waals surface area contributed by atoms with Gasteiger partial charge in [0, 0.05) is 31.5 Å². The van der Waals surface area contributed by atoms with E-state index in [0.717, 1.165) is 26.1 Å². The van der Waals surface area contributed by atoms with Crippen molar-refractivity contribution in [1.29, 1.82) is 0 Å². The van der Waals surface area contributed by atoms with Crippen molar-refractivity contribution in [1.82, 2.24) is 4.90 Å². The minimum atomic E-state index is -0.110. The Labute approximate surface area is 190 Å². The summed E-state index contributed by atoms with van der Waals surface area (Å²) in [6.07, 6.45) is 3.43. The van der Waals surface area contributed by atoms with Crippen LogP contribution in [0.25, 0.3) is 5.57 Å². The van der Waals surface area contributed by atoms with Crippen LogP contribution in [0.2, 0.25) is 0 Å². The summed E-state index contributed by atoms with van der Waals surface area (Å²) >= 11 is 0. The zero-order valence-corrected chi connectivity index (χ0v) is 18.5. The molecule has 1 aliphatic carbocycles. The number of carbonyl (C=O) groups is 1. The second-order valence-electron chi connectivity index (χ2n) is 8.83. The SMILES string of the molecule is COC(=O)[C@@H]1[C@H](c2ccccc2)[C@H]1c1ccc(C2=CCN(Cc3ccccc3)CC2)cc1. The average Bonchev–Trinajstić information content (AvgIpc) is 3.61. The number of hydrogen-bond acceptors (Lipinski definition) is 3. The van der Waals surface area contributed by atoms with E-state index in [1.54, 1.807) is 0 Å². The fraction of sp³-hybridized carbons (Fsp3) is 0.276. The largest absolute Gasteiger partial charge is 0.469 e. The molecular weight excluding hydrogens is 394 g/mol. The molecule has 3 aromatic rings. The first-order chi connectivity index (χ1) is 15.7. The average molecular weight is 424 g/mol. The van der Waals surface area contributed by atoms with E-state index in [2.05, 4.69) is 77.7 Å². The molecule has 1 fully saturated rings. The molecule has 0 bridgehead atoms. The van der Waals surface area contributed by atoms with Crippen LogP contribution in [0.5, 0.6) is 0 Å². The van der Waals surface area contributed by atoms with Crippen molar-refractivity contribution in [3.8, 4) is 0 Å². The molecule has 1 heterocycles. The Bertz CT molecular complexity index is 1090. The van der Waals surface area contributed by atoms with Gasteiger partial charge in [-0.25, -0.2) is 0 Å². The Morgan fingerprint density at radius 1 is 0.875 bits per heavy atom. The standard InChI is InChI=1S/C29H29NO2/c1-32-29(31)28-26(24-10-6-3-7-11-24)27(28)25-14-12-22(13-15-25)23-16-18-30(19-17-23)20-21-8-4-2-5-9-21/h2-16,26-28H,17-20H2,1H3/t26-,27-,28-/m1/s1. The molecular formula is C29H29NO2. The van der Waals surface area contributed by atoms with Crippen LogP contribution in [0, 0.1) is 5.92 Å². The maximum absolute atomic E-state index is 12.4. The number of ether oxygens (including phenoxy) is 1. The molecule has 0 spiro atoms. The molecule has 0 aromatic heterocycles. The molecule has 0 radical (unpaired) electrons. The van der Waals surface area contributed by atoms with Crippen LogP contribution < -0.4 is 0 Å². The Morgan fingerprint density at radius 3 is 2.09 bits per heavy atom. The van der Waals surface area contributed by atoms with Crippen LogP contribution in [0.4, 0.5) is 0 Å². The highest BCUT2D eigenvalue weighted by molar-refractivity contribution is 5.80. The van der Waals surface area contributed by atoms with Gasteiger partial charge in [-0.1, -0.05) is 91.0 Å². The van der Waals surface area contributed by atoms with Crippen LogP contribution in [0.15, 0.2) is 91.0 Å². The molecule has 162 valence electrons. The summed E-state index contributed by atoms with van der Waals surface area (Å²) in [6.45, 7) is 3.06. The van der Waals surface area contributed by atoms with Crippen molar-refractivity contribution < 1.29 is 9.53 Å². The van der Waals surface area contributed by atoms with Gasteiger partial charge in [0.15, 0.2) is 0 Å². The Balaban J connectivity index is 1.27. The molecule has 3 aromatic carbocycles. The molecule has 3 nitrogen and oxygen atoms in total. The van der Waals surface area contributed by atoms with Gasteiger partial charge in [0.2, 0.25) is 0 Å². The third-order valence-corrected chi connectivity index (χ3v) is 6.89. The number of benzene rings is 3. The number of nitrogens with zero attached hydrogens (tertiary/aromatic N) is 1. The Kier molecular flexibility index (Phi) is 5.91. The van der Waals surface area contributed by atoms with Gasteiger partial charge in [0.05, 0.1) is 13.0 Å². The van der Waals surface area contributed by atoms with Crippen molar-refractivity contribution in [2.75, 3.05) is 20.2 Å². The molecule has 2 aliphatic rings. The second-order valence-corrected chi connectivity index (χ2v) is 8.83. The van der Waals surface area contributed by atoms with Crippen LogP contribution in [0.1, 0.15) is 40.5 Å². The van der Waals surface area contributed by atoms with E-state index in [1.807, 2.05) is 18.2 Å². The molecule has 0 N–H and O–H groups in total. The second kappa shape index (κ2) is 9.13. The van der Waals surface area contributed by atoms with Gasteiger partial charge in [-0.2, -0.15) is 0 Å². The lowest BCUT2D eigenvalue weighted by atomic mass is 9.96. The van der Waals surface area contributed by atoms with Crippen LogP contribution in [0.3, 0.4) is 0 Å². The molecule has 1 saturated carbocycles. The van der Waals surface area contributed by atoms with Crippen molar-refractivity contribution in [3.63, 3.8) is 0 Å². The van der Waals surface area contributed by atoms with Gasteiger partial charge in [-0.3, -0.25) is 9.69 Å². The highest BCUT2D eigenvalue weighted by Crippen LogP contribution is 2.60. The lowest BCUT2D eigenvalue weighted by molar-refractivity contribution is -0.142. The summed E-state index contributed by atoms with van der Waals surface area (Å²) in [4.78, 5) is 14.9. The molecule has 5 rings (SSSR count). The third-order valence-electron chi connectivity index (χ3n) is 6.89. The van der Waals surface area contributed by atoms with Crippen molar-refractivity contribution in [2.24, 2.45) is 5.92 Å². The van der Waals surface area contributed by atoms with Gasteiger partial charge in [0.1, 0.15) is 0 Å². The molecule has 0 saturated heterocycles. The monoisotopic (exact) mass is 423 g/mol. The Hall–Kier alpha value is -3.17. The smallest absolute Gasteiger partial charge is 0.309 e. The number of carbonyl (C=O) groups excluding carboxylic acids is 1. The summed E-state index contributed by atoms with van der Waals surface area (Å²) < 4.78 is 5.10. The molecule has 3 atom stereocenters. The molecule has 0 amide bonds. The number of methoxy groups -OCH3 is 1. The first-order valence-electron chi connectivity index (χ1n) is 11.4. The zero-order valence-electron chi connectivity index (χ0n) is 18.5. The van der Waals surface area contributed by atoms with E-state index < -0.39 is 0 Å². The summed E-state index contributed by atoms with van der Waals surface area (Å²) in [6, 6.07) is 29.9. The van der Waals surface area contributed by atoms with E-state index in [0.29, 0.717) is 0 Å². The van der Waals surface area contributed by atoms with E-state index in [4.69, 9.17) is 4.74 Å². The minimum Gasteiger partial charge on any atom is -0.469 e. The van der Waals surface area contributed by atoms with Crippen LogP contribution in [-0.4, -0.2) is 31.1 Å². The van der Waals surface area contributed by atoms with Crippen LogP contribution in [-0.2, 0) is 16.1 Å². The molecule has 3 heteroatoms. The Morgan fingerprint density at radius 2 is 1.50 bits per heavy atom. The zero-order chi connectivity index (χ0) is 21.9. The molecule has 0 unspecified atom stereocenters. The number of hydrogen-bond donors (Lipinski definition) is 0. The van der Waals surface area contributed by atoms with Crippen LogP contribution >= 0.6 is 0 Å². The summed E-state index contributed by atoms with van der Waals surface area (Å²) in [5.74, 6) is 0.200. The topological polar surface area (TPSA) is 29.5 Å². The lowest BCUT2D eigenvalue weighted by Gasteiger charge is -2.26. The fourth-order valence-corrected chi connectivity index (χ4v) is 5.12. The third kappa shape index (κ3) is 4.26. The first-order valence-corrected chi connectivity index (χ1v) is 11.4. The minimum absolute atomic E-state index is 0.0892. The van der Waals surface area contributed by atoms with E-state index >= 15 is 0 Å². The normalized spacial score (nSPS) is 22.8. The fourth-order valence-electron chi connectivity index (χ4n) is 5.12. The lowest BCUT2D eigenvalue weighted by Crippen LogP contribution is -2.27. The maximum atomic E-state index is 12.4. The van der Waals surface area contributed by atoms with Gasteiger partial charge >= 0.3 is 5.97 Å². The first kappa shape index (κ1) is 20.7. The number of rotatable bonds is 6. The highest BCUT2D eigenvalue weighted by atomic mass is 16.5. The maximum Gasteiger partial charge on any atom is 0.309 e. The van der Waals surface area contributed by atoms with Crippen molar-refractivity contribution in [2.45, 2.75) is 24.8 Å². The highest BCUT2D eigenvalue weighted by Gasteiger charge is 2.56. The quantitative estimate of drug-likeness (QED) is 0.480. The van der Waals surface area contributed by atoms with Crippen molar-refractivity contribution in [3.05, 3.63) is 113 Å². The summed E-state index contributed by atoms with van der Waals surface area (Å²) in [5, 5.41) is 0. The van der Waals surface area contributed by atoms with E-state index in [9.17, 15) is 4.79 Å². The summed E-state index contributed by atoms with van der Waals surface area (Å²) in [7, 11) is 1.49. The van der Waals surface area contributed by atoms with Gasteiger partial charge in [-0.05, 0) is 34.2 Å². The van der Waals surface area contributed by atoms with E-state index in [1.165, 1.54) is 34.9 Å². The predicted molar refractivity (Wildman–Crippen MR) is 128 cm³/mol. The molecule has 1 aliphatic heterocycles. The predicted octanol–water partition coefficient (Wildman–Crippen LogP) is 5.65. The van der Waals surface area contributed by atoms with E-state index in [-0.39, 0.29) is 23.7 Å². The number of esters is 1. The molecule has 32 heavy (non-hydrogen) atoms. The van der Waals surface area contributed by atoms with Gasteiger partial charge < -0.3 is 4.74 Å².